The first-order chi connectivity index (χ1) is 7.65. The normalized spacial score (nSPS) is 11.8. The zero-order chi connectivity index (χ0) is 12.0. The number of nitrogens with one attached hydrogen (secondary N) is 1. The van der Waals surface area contributed by atoms with Gasteiger partial charge in [-0.25, -0.2) is 4.79 Å². The molecule has 0 saturated carbocycles. The second kappa shape index (κ2) is 5.75. The first kappa shape index (κ1) is 12.0. The zero-order valence-corrected chi connectivity index (χ0v) is 8.68. The van der Waals surface area contributed by atoms with Gasteiger partial charge in [-0.15, -0.1) is 6.58 Å². The molecule has 0 aliphatic rings. The van der Waals surface area contributed by atoms with Crippen molar-refractivity contribution in [2.45, 2.75) is 18.9 Å². The second-order valence-electron chi connectivity index (χ2n) is 3.24. The molecule has 0 saturated heterocycles. The molecule has 0 radical (unpaired) electrons. The SMILES string of the molecule is C=CCCC(NC(=O)c1ccoc1)C(=O)O. The molecule has 0 bridgehead atoms. The molecule has 1 amide bonds. The molecule has 5 heteroatoms. The van der Waals surface area contributed by atoms with E-state index >= 15 is 0 Å². The number of carboxylic acids is 1. The quantitative estimate of drug-likeness (QED) is 0.715. The summed E-state index contributed by atoms with van der Waals surface area (Å²) in [5, 5.41) is 11.3. The van der Waals surface area contributed by atoms with Crippen LogP contribution < -0.4 is 5.32 Å². The Morgan fingerprint density at radius 2 is 2.38 bits per heavy atom. The summed E-state index contributed by atoms with van der Waals surface area (Å²) in [5.41, 5.74) is 0.310. The van der Waals surface area contributed by atoms with Crippen LogP contribution >= 0.6 is 0 Å². The van der Waals surface area contributed by atoms with Crippen LogP contribution in [-0.4, -0.2) is 23.0 Å². The molecule has 16 heavy (non-hydrogen) atoms. The van der Waals surface area contributed by atoms with Gasteiger partial charge in [0, 0.05) is 0 Å². The van der Waals surface area contributed by atoms with Crippen LogP contribution in [0.4, 0.5) is 0 Å². The molecular formula is C11H13NO4. The summed E-state index contributed by atoms with van der Waals surface area (Å²) in [6, 6.07) is 0.572. The molecule has 1 heterocycles. The van der Waals surface area contributed by atoms with Gasteiger partial charge in [-0.3, -0.25) is 4.79 Å². The molecule has 0 aliphatic heterocycles. The average Bonchev–Trinajstić information content (AvgIpc) is 2.76. The zero-order valence-electron chi connectivity index (χ0n) is 8.68. The average molecular weight is 223 g/mol. The number of aliphatic carboxylic acids is 1. The van der Waals surface area contributed by atoms with Gasteiger partial charge in [0.1, 0.15) is 12.3 Å². The maximum absolute atomic E-state index is 11.5. The van der Waals surface area contributed by atoms with E-state index in [1.807, 2.05) is 0 Å². The van der Waals surface area contributed by atoms with Crippen molar-refractivity contribution in [1.82, 2.24) is 5.32 Å². The summed E-state index contributed by atoms with van der Waals surface area (Å²) < 4.78 is 4.73. The van der Waals surface area contributed by atoms with Gasteiger partial charge in [-0.2, -0.15) is 0 Å². The van der Waals surface area contributed by atoms with Crippen LogP contribution in [0.15, 0.2) is 35.7 Å². The molecule has 0 fully saturated rings. The van der Waals surface area contributed by atoms with Crippen LogP contribution in [0, 0.1) is 0 Å². The molecule has 1 rings (SSSR count). The largest absolute Gasteiger partial charge is 0.480 e. The number of amides is 1. The molecule has 2 N–H and O–H groups in total. The molecule has 0 spiro atoms. The fraction of sp³-hybridized carbons (Fsp3) is 0.273. The van der Waals surface area contributed by atoms with E-state index in [1.165, 1.54) is 18.6 Å². The topological polar surface area (TPSA) is 79.5 Å². The highest BCUT2D eigenvalue weighted by molar-refractivity contribution is 5.96. The Kier molecular flexibility index (Phi) is 4.32. The highest BCUT2D eigenvalue weighted by atomic mass is 16.4. The van der Waals surface area contributed by atoms with E-state index in [4.69, 9.17) is 9.52 Å². The number of allylic oxidation sites excluding steroid dienone is 1. The lowest BCUT2D eigenvalue weighted by Gasteiger charge is -2.12. The third kappa shape index (κ3) is 3.27. The number of carboxylic acid groups (broad SMARTS) is 1. The lowest BCUT2D eigenvalue weighted by atomic mass is 10.1. The Labute approximate surface area is 92.8 Å². The molecule has 1 unspecified atom stereocenters. The number of hydrogen-bond donors (Lipinski definition) is 2. The van der Waals surface area contributed by atoms with Gasteiger partial charge in [0.25, 0.3) is 5.91 Å². The molecule has 86 valence electrons. The summed E-state index contributed by atoms with van der Waals surface area (Å²) in [6.45, 7) is 3.50. The van der Waals surface area contributed by atoms with Gasteiger partial charge in [0.15, 0.2) is 0 Å². The Bertz CT molecular complexity index is 369. The summed E-state index contributed by atoms with van der Waals surface area (Å²) in [6.07, 6.45) is 5.08. The maximum Gasteiger partial charge on any atom is 0.326 e. The monoisotopic (exact) mass is 223 g/mol. The second-order valence-corrected chi connectivity index (χ2v) is 3.24. The van der Waals surface area contributed by atoms with Gasteiger partial charge in [-0.1, -0.05) is 6.08 Å². The van der Waals surface area contributed by atoms with E-state index in [0.717, 1.165) is 0 Å². The fourth-order valence-corrected chi connectivity index (χ4v) is 1.18. The van der Waals surface area contributed by atoms with Crippen LogP contribution in [0.1, 0.15) is 23.2 Å². The van der Waals surface area contributed by atoms with E-state index in [1.54, 1.807) is 6.08 Å². The highest BCUT2D eigenvalue weighted by Gasteiger charge is 2.19. The van der Waals surface area contributed by atoms with E-state index in [2.05, 4.69) is 11.9 Å². The maximum atomic E-state index is 11.5. The predicted molar refractivity (Wildman–Crippen MR) is 57.0 cm³/mol. The van der Waals surface area contributed by atoms with Gasteiger partial charge in [0.05, 0.1) is 11.8 Å². The molecule has 1 atom stereocenters. The Morgan fingerprint density at radius 3 is 2.88 bits per heavy atom. The first-order valence-corrected chi connectivity index (χ1v) is 4.82. The van der Waals surface area contributed by atoms with Gasteiger partial charge in [-0.05, 0) is 18.9 Å². The van der Waals surface area contributed by atoms with Crippen molar-refractivity contribution < 1.29 is 19.1 Å². The minimum absolute atomic E-state index is 0.310. The lowest BCUT2D eigenvalue weighted by Crippen LogP contribution is -2.40. The number of hydrogen-bond acceptors (Lipinski definition) is 3. The van der Waals surface area contributed by atoms with E-state index < -0.39 is 17.9 Å². The number of rotatable bonds is 6. The van der Waals surface area contributed by atoms with Gasteiger partial charge >= 0.3 is 5.97 Å². The molecule has 0 aliphatic carbocycles. The molecule has 0 aromatic carbocycles. The Hall–Kier alpha value is -2.04. The highest BCUT2D eigenvalue weighted by Crippen LogP contribution is 2.03. The van der Waals surface area contributed by atoms with Crippen molar-refractivity contribution in [3.05, 3.63) is 36.8 Å². The van der Waals surface area contributed by atoms with Crippen LogP contribution in [0.2, 0.25) is 0 Å². The summed E-state index contributed by atoms with van der Waals surface area (Å²) in [5.74, 6) is -1.51. The fourth-order valence-electron chi connectivity index (χ4n) is 1.18. The summed E-state index contributed by atoms with van der Waals surface area (Å²) in [7, 11) is 0. The molecule has 1 aromatic heterocycles. The molecular weight excluding hydrogens is 210 g/mol. The van der Waals surface area contributed by atoms with Crippen molar-refractivity contribution in [2.75, 3.05) is 0 Å². The van der Waals surface area contributed by atoms with Crippen molar-refractivity contribution in [2.24, 2.45) is 0 Å². The van der Waals surface area contributed by atoms with Crippen LogP contribution in [-0.2, 0) is 4.79 Å². The number of carbonyl (C=O) groups excluding carboxylic acids is 1. The minimum Gasteiger partial charge on any atom is -0.480 e. The first-order valence-electron chi connectivity index (χ1n) is 4.82. The third-order valence-corrected chi connectivity index (χ3v) is 2.05. The summed E-state index contributed by atoms with van der Waals surface area (Å²) in [4.78, 5) is 22.4. The van der Waals surface area contributed by atoms with Gasteiger partial charge < -0.3 is 14.8 Å². The van der Waals surface area contributed by atoms with Crippen molar-refractivity contribution >= 4 is 11.9 Å². The van der Waals surface area contributed by atoms with Crippen molar-refractivity contribution in [1.29, 1.82) is 0 Å². The Morgan fingerprint density at radius 1 is 1.62 bits per heavy atom. The molecule has 5 nitrogen and oxygen atoms in total. The third-order valence-electron chi connectivity index (χ3n) is 2.05. The van der Waals surface area contributed by atoms with Crippen molar-refractivity contribution in [3.8, 4) is 0 Å². The minimum atomic E-state index is -1.06. The predicted octanol–water partition coefficient (Wildman–Crippen LogP) is 1.43. The summed E-state index contributed by atoms with van der Waals surface area (Å²) >= 11 is 0. The smallest absolute Gasteiger partial charge is 0.326 e. The number of carbonyl (C=O) groups is 2. The number of furan rings is 1. The van der Waals surface area contributed by atoms with Crippen LogP contribution in [0.5, 0.6) is 0 Å². The van der Waals surface area contributed by atoms with E-state index in [9.17, 15) is 9.59 Å². The Balaban J connectivity index is 2.58. The standard InChI is InChI=1S/C11H13NO4/c1-2-3-4-9(11(14)15)12-10(13)8-5-6-16-7-8/h2,5-7,9H,1,3-4H2,(H,12,13)(H,14,15). The van der Waals surface area contributed by atoms with Gasteiger partial charge in [0.2, 0.25) is 0 Å². The van der Waals surface area contributed by atoms with Crippen LogP contribution in [0.3, 0.4) is 0 Å². The van der Waals surface area contributed by atoms with E-state index in [-0.39, 0.29) is 0 Å². The molecule has 1 aromatic rings. The lowest BCUT2D eigenvalue weighted by molar-refractivity contribution is -0.139. The van der Waals surface area contributed by atoms with Crippen LogP contribution in [0.25, 0.3) is 0 Å². The van der Waals surface area contributed by atoms with Crippen molar-refractivity contribution in [3.63, 3.8) is 0 Å². The van der Waals surface area contributed by atoms with E-state index in [0.29, 0.717) is 18.4 Å².